The highest BCUT2D eigenvalue weighted by Crippen LogP contribution is 2.23. The molecule has 0 fully saturated rings. The Hall–Kier alpha value is -1.90. The molecule has 1 amide bonds. The number of rotatable bonds is 4. The van der Waals surface area contributed by atoms with Gasteiger partial charge in [0.25, 0.3) is 5.91 Å². The van der Waals surface area contributed by atoms with Gasteiger partial charge in [-0.25, -0.2) is 4.98 Å². The van der Waals surface area contributed by atoms with Crippen LogP contribution in [0, 0.1) is 3.57 Å². The Balaban J connectivity index is 2.26. The Morgan fingerprint density at radius 1 is 1.29 bits per heavy atom. The highest BCUT2D eigenvalue weighted by molar-refractivity contribution is 14.1. The van der Waals surface area contributed by atoms with Crippen molar-refractivity contribution >= 4 is 40.0 Å². The van der Waals surface area contributed by atoms with Crippen molar-refractivity contribution in [1.82, 2.24) is 9.97 Å². The molecule has 0 aliphatic heterocycles. The molecule has 2 aromatic rings. The molecule has 2 rings (SSSR count). The third-order valence-electron chi connectivity index (χ3n) is 2.71. The summed E-state index contributed by atoms with van der Waals surface area (Å²) in [5, 5.41) is 2.82. The maximum atomic E-state index is 12.2. The van der Waals surface area contributed by atoms with E-state index in [1.165, 1.54) is 13.3 Å². The number of anilines is 2. The molecule has 0 aliphatic rings. The minimum atomic E-state index is -0.205. The average molecular weight is 398 g/mol. The number of methoxy groups -OCH3 is 1. The largest absolute Gasteiger partial charge is 0.467 e. The Bertz CT molecular complexity index is 644. The van der Waals surface area contributed by atoms with E-state index in [-0.39, 0.29) is 11.9 Å². The fourth-order valence-corrected chi connectivity index (χ4v) is 2.04. The maximum absolute atomic E-state index is 12.2. The highest BCUT2D eigenvalue weighted by atomic mass is 127. The van der Waals surface area contributed by atoms with Crippen molar-refractivity contribution in [1.29, 1.82) is 0 Å². The van der Waals surface area contributed by atoms with Gasteiger partial charge in [0.15, 0.2) is 5.82 Å². The number of halogens is 1. The summed E-state index contributed by atoms with van der Waals surface area (Å²) in [4.78, 5) is 22.3. The summed E-state index contributed by atoms with van der Waals surface area (Å²) in [7, 11) is 5.17. The first kappa shape index (κ1) is 15.5. The van der Waals surface area contributed by atoms with Gasteiger partial charge in [0.2, 0.25) is 0 Å². The number of amides is 1. The van der Waals surface area contributed by atoms with Crippen LogP contribution in [0.2, 0.25) is 0 Å². The van der Waals surface area contributed by atoms with Crippen molar-refractivity contribution < 1.29 is 9.53 Å². The highest BCUT2D eigenvalue weighted by Gasteiger charge is 2.13. The third-order valence-corrected chi connectivity index (χ3v) is 3.43. The van der Waals surface area contributed by atoms with Crippen molar-refractivity contribution in [2.24, 2.45) is 0 Å². The third kappa shape index (κ3) is 3.81. The van der Waals surface area contributed by atoms with Crippen molar-refractivity contribution in [3.63, 3.8) is 0 Å². The molecule has 0 spiro atoms. The van der Waals surface area contributed by atoms with Crippen LogP contribution in [0.3, 0.4) is 0 Å². The second-order valence-corrected chi connectivity index (χ2v) is 5.70. The van der Waals surface area contributed by atoms with Gasteiger partial charge in [-0.2, -0.15) is 4.98 Å². The minimum Gasteiger partial charge on any atom is -0.467 e. The van der Waals surface area contributed by atoms with E-state index in [1.807, 2.05) is 26.2 Å². The van der Waals surface area contributed by atoms with Crippen LogP contribution in [0.4, 0.5) is 11.5 Å². The average Bonchev–Trinajstić information content (AvgIpc) is 2.48. The number of benzene rings is 1. The molecule has 1 aromatic carbocycles. The smallest absolute Gasteiger partial charge is 0.318 e. The molecular formula is C14H15IN4O2. The van der Waals surface area contributed by atoms with E-state index in [1.54, 1.807) is 17.0 Å². The molecule has 0 unspecified atom stereocenters. The minimum absolute atomic E-state index is 0.205. The summed E-state index contributed by atoms with van der Waals surface area (Å²) >= 11 is 2.19. The first-order chi connectivity index (χ1) is 10.0. The predicted octanol–water partition coefficient (Wildman–Crippen LogP) is 2.41. The molecule has 6 nitrogen and oxygen atoms in total. The lowest BCUT2D eigenvalue weighted by atomic mass is 10.2. The topological polar surface area (TPSA) is 67.3 Å². The van der Waals surface area contributed by atoms with Gasteiger partial charge in [-0.1, -0.05) is 0 Å². The number of carbonyl (C=O) groups is 1. The summed E-state index contributed by atoms with van der Waals surface area (Å²) in [5.41, 5.74) is 1.11. The van der Waals surface area contributed by atoms with E-state index in [4.69, 9.17) is 4.74 Å². The van der Waals surface area contributed by atoms with Gasteiger partial charge in [-0.15, -0.1) is 0 Å². The molecule has 0 radical (unpaired) electrons. The molecule has 0 atom stereocenters. The summed E-state index contributed by atoms with van der Waals surface area (Å²) in [5.74, 6) is 0.379. The lowest BCUT2D eigenvalue weighted by molar-refractivity contribution is 0.102. The van der Waals surface area contributed by atoms with Crippen molar-refractivity contribution in [2.45, 2.75) is 0 Å². The molecule has 110 valence electrons. The standard InChI is InChI=1S/C14H15IN4O2/c1-19(2)12-11(8-16-14(18-12)21-3)17-13(20)9-4-6-10(15)7-5-9/h4-8H,1-3H3,(H,17,20). The van der Waals surface area contributed by atoms with Crippen LogP contribution < -0.4 is 15.0 Å². The first-order valence-electron chi connectivity index (χ1n) is 6.16. The maximum Gasteiger partial charge on any atom is 0.318 e. The van der Waals surface area contributed by atoms with E-state index in [0.29, 0.717) is 17.1 Å². The van der Waals surface area contributed by atoms with Gasteiger partial charge in [-0.3, -0.25) is 4.79 Å². The Morgan fingerprint density at radius 2 is 1.95 bits per heavy atom. The molecule has 1 N–H and O–H groups in total. The van der Waals surface area contributed by atoms with E-state index in [9.17, 15) is 4.79 Å². The molecule has 0 aliphatic carbocycles. The number of ether oxygens (including phenoxy) is 1. The van der Waals surface area contributed by atoms with Crippen molar-refractivity contribution in [2.75, 3.05) is 31.4 Å². The Kier molecular flexibility index (Phi) is 4.94. The SMILES string of the molecule is COc1ncc(NC(=O)c2ccc(I)cc2)c(N(C)C)n1. The monoisotopic (exact) mass is 398 g/mol. The van der Waals surface area contributed by atoms with E-state index >= 15 is 0 Å². The zero-order valence-corrected chi connectivity index (χ0v) is 14.1. The van der Waals surface area contributed by atoms with Gasteiger partial charge in [0, 0.05) is 23.2 Å². The molecule has 1 heterocycles. The van der Waals surface area contributed by atoms with E-state index < -0.39 is 0 Å². The number of nitrogens with one attached hydrogen (secondary N) is 1. The zero-order chi connectivity index (χ0) is 15.4. The molecule has 1 aromatic heterocycles. The summed E-state index contributed by atoms with van der Waals surface area (Å²) in [6, 6.07) is 7.57. The van der Waals surface area contributed by atoms with E-state index in [2.05, 4.69) is 37.9 Å². The first-order valence-corrected chi connectivity index (χ1v) is 7.24. The van der Waals surface area contributed by atoms with Crippen LogP contribution >= 0.6 is 22.6 Å². The second kappa shape index (κ2) is 6.70. The van der Waals surface area contributed by atoms with Gasteiger partial charge < -0.3 is 15.0 Å². The fraction of sp³-hybridized carbons (Fsp3) is 0.214. The Morgan fingerprint density at radius 3 is 2.52 bits per heavy atom. The molecule has 0 saturated carbocycles. The van der Waals surface area contributed by atoms with Crippen LogP contribution in [0.1, 0.15) is 10.4 Å². The summed E-state index contributed by atoms with van der Waals surface area (Å²) < 4.78 is 6.08. The molecule has 7 heteroatoms. The van der Waals surface area contributed by atoms with Gasteiger partial charge in [-0.05, 0) is 46.9 Å². The fourth-order valence-electron chi connectivity index (χ4n) is 1.68. The lowest BCUT2D eigenvalue weighted by Crippen LogP contribution is -2.18. The molecule has 0 saturated heterocycles. The van der Waals surface area contributed by atoms with Crippen LogP contribution in [-0.4, -0.2) is 37.1 Å². The summed E-state index contributed by atoms with van der Waals surface area (Å²) in [6.45, 7) is 0. The van der Waals surface area contributed by atoms with Gasteiger partial charge in [0.05, 0.1) is 13.3 Å². The van der Waals surface area contributed by atoms with Crippen LogP contribution in [-0.2, 0) is 0 Å². The predicted molar refractivity (Wildman–Crippen MR) is 90.0 cm³/mol. The normalized spacial score (nSPS) is 10.1. The molecule has 21 heavy (non-hydrogen) atoms. The van der Waals surface area contributed by atoms with Crippen LogP contribution in [0.5, 0.6) is 6.01 Å². The molecular weight excluding hydrogens is 383 g/mol. The number of carbonyl (C=O) groups excluding carboxylic acids is 1. The van der Waals surface area contributed by atoms with Gasteiger partial charge in [0.1, 0.15) is 5.69 Å². The quantitative estimate of drug-likeness (QED) is 0.802. The van der Waals surface area contributed by atoms with Crippen molar-refractivity contribution in [3.05, 3.63) is 39.6 Å². The Labute approximate surface area is 136 Å². The number of aromatic nitrogens is 2. The van der Waals surface area contributed by atoms with E-state index in [0.717, 1.165) is 3.57 Å². The summed E-state index contributed by atoms with van der Waals surface area (Å²) in [6.07, 6.45) is 1.53. The number of hydrogen-bond donors (Lipinski definition) is 1. The number of hydrogen-bond acceptors (Lipinski definition) is 5. The van der Waals surface area contributed by atoms with Gasteiger partial charge >= 0.3 is 6.01 Å². The second-order valence-electron chi connectivity index (χ2n) is 4.45. The number of nitrogens with zero attached hydrogens (tertiary/aromatic N) is 3. The lowest BCUT2D eigenvalue weighted by Gasteiger charge is -2.16. The van der Waals surface area contributed by atoms with Crippen LogP contribution in [0.15, 0.2) is 30.5 Å². The zero-order valence-electron chi connectivity index (χ0n) is 11.9. The van der Waals surface area contributed by atoms with Crippen LogP contribution in [0.25, 0.3) is 0 Å². The molecule has 0 bridgehead atoms. The van der Waals surface area contributed by atoms with Crippen molar-refractivity contribution in [3.8, 4) is 6.01 Å².